The quantitative estimate of drug-likeness (QED) is 0.781. The van der Waals surface area contributed by atoms with E-state index in [-0.39, 0.29) is 24.7 Å². The summed E-state index contributed by atoms with van der Waals surface area (Å²) in [5, 5.41) is 14.3. The largest absolute Gasteiger partial charge is 0.473 e. The van der Waals surface area contributed by atoms with Crippen LogP contribution in [0.15, 0.2) is 18.3 Å². The van der Waals surface area contributed by atoms with Gasteiger partial charge >= 0.3 is 12.0 Å². The Bertz CT molecular complexity index is 621. The monoisotopic (exact) mass is 332 g/mol. The van der Waals surface area contributed by atoms with Crippen molar-refractivity contribution in [1.82, 2.24) is 15.6 Å². The van der Waals surface area contributed by atoms with Crippen molar-refractivity contribution in [3.63, 3.8) is 0 Å². The first-order valence-corrected chi connectivity index (χ1v) is 7.75. The van der Waals surface area contributed by atoms with Crippen LogP contribution in [0.3, 0.4) is 0 Å². The smallest absolute Gasteiger partial charge is 0.325 e. The Morgan fingerprint density at radius 2 is 2.12 bits per heavy atom. The van der Waals surface area contributed by atoms with Crippen molar-refractivity contribution in [2.45, 2.75) is 37.8 Å². The lowest BCUT2D eigenvalue weighted by Crippen LogP contribution is -2.46. The van der Waals surface area contributed by atoms with Crippen LogP contribution in [0.2, 0.25) is 0 Å². The number of nitrogens with zero attached hydrogens (tertiary/aromatic N) is 2. The van der Waals surface area contributed by atoms with Crippen LogP contribution in [-0.4, -0.2) is 42.8 Å². The highest BCUT2D eigenvalue weighted by Crippen LogP contribution is 2.24. The lowest BCUT2D eigenvalue weighted by Gasteiger charge is -2.29. The molecule has 128 valence electrons. The molecule has 0 unspecified atom stereocenters. The van der Waals surface area contributed by atoms with Crippen molar-refractivity contribution in [1.29, 1.82) is 5.26 Å². The molecule has 2 N–H and O–H groups in total. The van der Waals surface area contributed by atoms with Crippen molar-refractivity contribution in [2.24, 2.45) is 0 Å². The van der Waals surface area contributed by atoms with Crippen LogP contribution >= 0.6 is 0 Å². The number of ether oxygens (including phenoxy) is 2. The normalized spacial score (nSPS) is 19.7. The predicted octanol–water partition coefficient (Wildman–Crippen LogP) is 1.12. The van der Waals surface area contributed by atoms with Gasteiger partial charge < -0.3 is 20.1 Å². The number of carbonyl (C=O) groups is 2. The molecule has 1 aromatic heterocycles. The number of methoxy groups -OCH3 is 1. The lowest BCUT2D eigenvalue weighted by atomic mass is 9.93. The minimum Gasteiger partial charge on any atom is -0.473 e. The van der Waals surface area contributed by atoms with E-state index < -0.39 is 5.97 Å². The van der Waals surface area contributed by atoms with Gasteiger partial charge in [-0.2, -0.15) is 5.26 Å². The number of hydrogen-bond acceptors (Lipinski definition) is 6. The summed E-state index contributed by atoms with van der Waals surface area (Å²) < 4.78 is 10.3. The molecular formula is C16H20N4O4. The van der Waals surface area contributed by atoms with Crippen LogP contribution in [0.5, 0.6) is 5.88 Å². The maximum Gasteiger partial charge on any atom is 0.325 e. The molecule has 2 rings (SSSR count). The summed E-state index contributed by atoms with van der Waals surface area (Å²) in [7, 11) is 1.27. The third kappa shape index (κ3) is 5.12. The van der Waals surface area contributed by atoms with Crippen LogP contribution in [0.4, 0.5) is 4.79 Å². The maximum atomic E-state index is 11.7. The first-order chi connectivity index (χ1) is 11.6. The molecule has 0 bridgehead atoms. The van der Waals surface area contributed by atoms with Gasteiger partial charge in [0, 0.05) is 12.2 Å². The van der Waals surface area contributed by atoms with Gasteiger partial charge in [-0.15, -0.1) is 0 Å². The predicted molar refractivity (Wildman–Crippen MR) is 84.2 cm³/mol. The zero-order valence-corrected chi connectivity index (χ0v) is 13.4. The van der Waals surface area contributed by atoms with Crippen LogP contribution in [0, 0.1) is 11.3 Å². The molecule has 0 saturated heterocycles. The Balaban J connectivity index is 1.74. The molecule has 0 aliphatic heterocycles. The second-order valence-electron chi connectivity index (χ2n) is 5.46. The minimum absolute atomic E-state index is 0.0248. The maximum absolute atomic E-state index is 11.7. The number of nitriles is 1. The second kappa shape index (κ2) is 8.72. The molecule has 1 aliphatic rings. The van der Waals surface area contributed by atoms with Crippen LogP contribution in [-0.2, 0) is 9.53 Å². The number of nitrogens with one attached hydrogen (secondary N) is 2. The third-order valence-electron chi connectivity index (χ3n) is 3.80. The third-order valence-corrected chi connectivity index (χ3v) is 3.80. The van der Waals surface area contributed by atoms with E-state index in [1.807, 2.05) is 0 Å². The number of pyridine rings is 1. The van der Waals surface area contributed by atoms with Gasteiger partial charge in [0.2, 0.25) is 5.88 Å². The molecule has 1 fully saturated rings. The van der Waals surface area contributed by atoms with Crippen LogP contribution in [0.25, 0.3) is 0 Å². The van der Waals surface area contributed by atoms with Crippen molar-refractivity contribution >= 4 is 12.0 Å². The van der Waals surface area contributed by atoms with Crippen molar-refractivity contribution in [2.75, 3.05) is 13.7 Å². The topological polar surface area (TPSA) is 113 Å². The summed E-state index contributed by atoms with van der Waals surface area (Å²) in [5.74, 6) is -0.141. The van der Waals surface area contributed by atoms with E-state index in [1.54, 1.807) is 18.3 Å². The lowest BCUT2D eigenvalue weighted by molar-refractivity contribution is -0.139. The number of rotatable bonds is 5. The molecule has 2 amide bonds. The van der Waals surface area contributed by atoms with E-state index in [1.165, 1.54) is 7.11 Å². The highest BCUT2D eigenvalue weighted by molar-refractivity contribution is 5.80. The van der Waals surface area contributed by atoms with Gasteiger partial charge in [0.05, 0.1) is 7.11 Å². The first-order valence-electron chi connectivity index (χ1n) is 7.75. The van der Waals surface area contributed by atoms with Crippen molar-refractivity contribution in [3.8, 4) is 11.9 Å². The second-order valence-corrected chi connectivity index (χ2v) is 5.46. The Labute approximate surface area is 140 Å². The standard InChI is InChI=1S/C16H20N4O4/c1-23-14(21)10-19-16(22)20-12-4-6-13(7-5-12)24-15-11(9-17)3-2-8-18-15/h2-3,8,12-13H,4-7,10H2,1H3,(H2,19,20,22). The summed E-state index contributed by atoms with van der Waals surface area (Å²) in [4.78, 5) is 26.7. The van der Waals surface area contributed by atoms with Gasteiger partial charge in [-0.1, -0.05) is 0 Å². The Morgan fingerprint density at radius 1 is 1.38 bits per heavy atom. The molecule has 8 heteroatoms. The molecule has 1 aliphatic carbocycles. The number of amides is 2. The Kier molecular flexibility index (Phi) is 6.37. The zero-order chi connectivity index (χ0) is 17.4. The van der Waals surface area contributed by atoms with Gasteiger partial charge in [-0.05, 0) is 37.8 Å². The first kappa shape index (κ1) is 17.5. The van der Waals surface area contributed by atoms with E-state index in [0.29, 0.717) is 11.4 Å². The van der Waals surface area contributed by atoms with E-state index in [0.717, 1.165) is 25.7 Å². The number of aromatic nitrogens is 1. The van der Waals surface area contributed by atoms with E-state index in [9.17, 15) is 9.59 Å². The van der Waals surface area contributed by atoms with E-state index >= 15 is 0 Å². The molecule has 1 saturated carbocycles. The summed E-state index contributed by atoms with van der Waals surface area (Å²) in [6.07, 6.45) is 4.58. The number of esters is 1. The van der Waals surface area contributed by atoms with E-state index in [2.05, 4.69) is 26.4 Å². The molecule has 0 spiro atoms. The summed E-state index contributed by atoms with van der Waals surface area (Å²) in [5.41, 5.74) is 0.417. The Morgan fingerprint density at radius 3 is 2.79 bits per heavy atom. The minimum atomic E-state index is -0.495. The van der Waals surface area contributed by atoms with Crippen molar-refractivity contribution in [3.05, 3.63) is 23.9 Å². The van der Waals surface area contributed by atoms with Crippen LogP contribution in [0.1, 0.15) is 31.2 Å². The summed E-state index contributed by atoms with van der Waals surface area (Å²) in [6, 6.07) is 5.06. The van der Waals surface area contributed by atoms with Crippen LogP contribution < -0.4 is 15.4 Å². The fourth-order valence-corrected chi connectivity index (χ4v) is 2.51. The van der Waals surface area contributed by atoms with Gasteiger partial charge in [0.1, 0.15) is 24.3 Å². The fourth-order valence-electron chi connectivity index (χ4n) is 2.51. The molecule has 8 nitrogen and oxygen atoms in total. The molecule has 0 radical (unpaired) electrons. The van der Waals surface area contributed by atoms with Gasteiger partial charge in [0.15, 0.2) is 0 Å². The SMILES string of the molecule is COC(=O)CNC(=O)NC1CCC(Oc2ncccc2C#N)CC1. The van der Waals surface area contributed by atoms with Gasteiger partial charge in [0.25, 0.3) is 0 Å². The molecule has 24 heavy (non-hydrogen) atoms. The summed E-state index contributed by atoms with van der Waals surface area (Å²) >= 11 is 0. The summed E-state index contributed by atoms with van der Waals surface area (Å²) in [6.45, 7) is -0.155. The number of carbonyl (C=O) groups excluding carboxylic acids is 2. The zero-order valence-electron chi connectivity index (χ0n) is 13.4. The van der Waals surface area contributed by atoms with Crippen molar-refractivity contribution < 1.29 is 19.1 Å². The molecule has 0 atom stereocenters. The molecule has 0 aromatic carbocycles. The Hall–Kier alpha value is -2.82. The highest BCUT2D eigenvalue weighted by Gasteiger charge is 2.24. The van der Waals surface area contributed by atoms with E-state index in [4.69, 9.17) is 10.00 Å². The number of hydrogen-bond donors (Lipinski definition) is 2. The van der Waals surface area contributed by atoms with Gasteiger partial charge in [-0.25, -0.2) is 9.78 Å². The van der Waals surface area contributed by atoms with Gasteiger partial charge in [-0.3, -0.25) is 4.79 Å². The molecule has 1 heterocycles. The highest BCUT2D eigenvalue weighted by atomic mass is 16.5. The molecular weight excluding hydrogens is 312 g/mol. The fraction of sp³-hybridized carbons (Fsp3) is 0.500. The number of urea groups is 1. The average molecular weight is 332 g/mol. The average Bonchev–Trinajstić information content (AvgIpc) is 2.61. The molecule has 1 aromatic rings.